The number of rotatable bonds is 10. The number of nitrogens with one attached hydrogen (secondary N) is 1. The third-order valence-corrected chi connectivity index (χ3v) is 4.12. The van der Waals surface area contributed by atoms with Crippen LogP contribution in [-0.2, 0) is 17.8 Å². The zero-order valence-electron chi connectivity index (χ0n) is 13.4. The van der Waals surface area contributed by atoms with E-state index in [9.17, 15) is 0 Å². The van der Waals surface area contributed by atoms with Crippen molar-refractivity contribution in [2.24, 2.45) is 0 Å². The van der Waals surface area contributed by atoms with E-state index < -0.39 is 0 Å². The van der Waals surface area contributed by atoms with Crippen molar-refractivity contribution in [3.05, 3.63) is 35.4 Å². The van der Waals surface area contributed by atoms with Gasteiger partial charge in [0, 0.05) is 6.54 Å². The highest BCUT2D eigenvalue weighted by Gasteiger charge is 2.10. The number of hydrogen-bond acceptors (Lipinski definition) is 3. The van der Waals surface area contributed by atoms with Crippen LogP contribution in [0.4, 0.5) is 0 Å². The second-order valence-electron chi connectivity index (χ2n) is 5.87. The van der Waals surface area contributed by atoms with Crippen molar-refractivity contribution >= 4 is 0 Å². The first-order valence-electron chi connectivity index (χ1n) is 8.47. The van der Waals surface area contributed by atoms with Gasteiger partial charge in [0.1, 0.15) is 0 Å². The number of benzene rings is 1. The Hall–Kier alpha value is -0.900. The SMILES string of the molecule is CCCNCCc1ccccc1COCCN1CCCC1. The van der Waals surface area contributed by atoms with E-state index >= 15 is 0 Å². The second-order valence-corrected chi connectivity index (χ2v) is 5.87. The molecule has 0 radical (unpaired) electrons. The minimum absolute atomic E-state index is 0.748. The molecule has 1 saturated heterocycles. The topological polar surface area (TPSA) is 24.5 Å². The van der Waals surface area contributed by atoms with Gasteiger partial charge in [-0.05, 0) is 63.0 Å². The fourth-order valence-electron chi connectivity index (χ4n) is 2.85. The van der Waals surface area contributed by atoms with E-state index in [-0.39, 0.29) is 0 Å². The lowest BCUT2D eigenvalue weighted by Crippen LogP contribution is -2.24. The van der Waals surface area contributed by atoms with Crippen molar-refractivity contribution < 1.29 is 4.74 Å². The molecule has 0 saturated carbocycles. The third-order valence-electron chi connectivity index (χ3n) is 4.12. The number of hydrogen-bond donors (Lipinski definition) is 1. The summed E-state index contributed by atoms with van der Waals surface area (Å²) < 4.78 is 5.89. The average Bonchev–Trinajstić information content (AvgIpc) is 3.03. The third kappa shape index (κ3) is 6.16. The summed E-state index contributed by atoms with van der Waals surface area (Å²) in [4.78, 5) is 2.50. The Morgan fingerprint density at radius 1 is 1.10 bits per heavy atom. The van der Waals surface area contributed by atoms with Gasteiger partial charge in [-0.15, -0.1) is 0 Å². The monoisotopic (exact) mass is 290 g/mol. The van der Waals surface area contributed by atoms with Crippen molar-refractivity contribution in [2.75, 3.05) is 39.3 Å². The van der Waals surface area contributed by atoms with E-state index in [0.717, 1.165) is 39.3 Å². The van der Waals surface area contributed by atoms with E-state index in [2.05, 4.69) is 41.4 Å². The molecule has 118 valence electrons. The van der Waals surface area contributed by atoms with Crippen molar-refractivity contribution in [3.8, 4) is 0 Å². The first kappa shape index (κ1) is 16.5. The molecule has 3 heteroatoms. The molecular weight excluding hydrogens is 260 g/mol. The maximum Gasteiger partial charge on any atom is 0.0720 e. The molecule has 3 nitrogen and oxygen atoms in total. The van der Waals surface area contributed by atoms with E-state index in [1.807, 2.05) is 0 Å². The quantitative estimate of drug-likeness (QED) is 0.671. The molecule has 1 fully saturated rings. The molecule has 0 bridgehead atoms. The lowest BCUT2D eigenvalue weighted by atomic mass is 10.1. The van der Waals surface area contributed by atoms with Crippen LogP contribution in [0.25, 0.3) is 0 Å². The Kier molecular flexibility index (Phi) is 7.79. The van der Waals surface area contributed by atoms with Crippen LogP contribution in [-0.4, -0.2) is 44.2 Å². The number of likely N-dealkylation sites (tertiary alicyclic amines) is 1. The molecular formula is C18H30N2O. The first-order chi connectivity index (χ1) is 10.4. The van der Waals surface area contributed by atoms with E-state index in [1.54, 1.807) is 0 Å². The fraction of sp³-hybridized carbons (Fsp3) is 0.667. The lowest BCUT2D eigenvalue weighted by molar-refractivity contribution is 0.0988. The molecule has 1 aliphatic heterocycles. The van der Waals surface area contributed by atoms with Gasteiger partial charge in [-0.25, -0.2) is 0 Å². The lowest BCUT2D eigenvalue weighted by Gasteiger charge is -2.15. The van der Waals surface area contributed by atoms with Crippen molar-refractivity contribution in [3.63, 3.8) is 0 Å². The summed E-state index contributed by atoms with van der Waals surface area (Å²) in [5.74, 6) is 0. The maximum atomic E-state index is 5.89. The van der Waals surface area contributed by atoms with Crippen molar-refractivity contribution in [1.82, 2.24) is 10.2 Å². The molecule has 0 spiro atoms. The Bertz CT molecular complexity index is 389. The Morgan fingerprint density at radius 2 is 1.86 bits per heavy atom. The summed E-state index contributed by atoms with van der Waals surface area (Å²) in [5.41, 5.74) is 2.76. The Labute approximate surface area is 129 Å². The van der Waals surface area contributed by atoms with Crippen LogP contribution in [0.1, 0.15) is 37.3 Å². The molecule has 0 aromatic heterocycles. The molecule has 0 atom stereocenters. The summed E-state index contributed by atoms with van der Waals surface area (Å²) in [6.07, 6.45) is 4.99. The van der Waals surface area contributed by atoms with Crippen molar-refractivity contribution in [2.45, 2.75) is 39.2 Å². The molecule has 1 aromatic rings. The van der Waals surface area contributed by atoms with Crippen LogP contribution in [0.15, 0.2) is 24.3 Å². The van der Waals surface area contributed by atoms with Crippen LogP contribution in [0.5, 0.6) is 0 Å². The normalized spacial score (nSPS) is 15.7. The summed E-state index contributed by atoms with van der Waals surface area (Å²) in [5, 5.41) is 3.47. The van der Waals surface area contributed by atoms with Gasteiger partial charge in [-0.1, -0.05) is 31.2 Å². The van der Waals surface area contributed by atoms with Crippen LogP contribution >= 0.6 is 0 Å². The van der Waals surface area contributed by atoms with Crippen LogP contribution in [0.2, 0.25) is 0 Å². The van der Waals surface area contributed by atoms with Gasteiger partial charge in [0.25, 0.3) is 0 Å². The Balaban J connectivity index is 1.68. The zero-order chi connectivity index (χ0) is 14.8. The highest BCUT2D eigenvalue weighted by Crippen LogP contribution is 2.11. The van der Waals surface area contributed by atoms with Gasteiger partial charge < -0.3 is 15.0 Å². The molecule has 0 unspecified atom stereocenters. The molecule has 1 N–H and O–H groups in total. The number of nitrogens with zero attached hydrogens (tertiary/aromatic N) is 1. The van der Waals surface area contributed by atoms with Gasteiger partial charge >= 0.3 is 0 Å². The van der Waals surface area contributed by atoms with E-state index in [4.69, 9.17) is 4.74 Å². The Morgan fingerprint density at radius 3 is 2.62 bits per heavy atom. The summed E-state index contributed by atoms with van der Waals surface area (Å²) >= 11 is 0. The first-order valence-corrected chi connectivity index (χ1v) is 8.47. The number of ether oxygens (including phenoxy) is 1. The predicted molar refractivity (Wildman–Crippen MR) is 88.6 cm³/mol. The van der Waals surface area contributed by atoms with E-state index in [1.165, 1.54) is 43.5 Å². The minimum Gasteiger partial charge on any atom is -0.375 e. The highest BCUT2D eigenvalue weighted by atomic mass is 16.5. The largest absolute Gasteiger partial charge is 0.375 e. The van der Waals surface area contributed by atoms with Crippen LogP contribution in [0.3, 0.4) is 0 Å². The van der Waals surface area contributed by atoms with Crippen molar-refractivity contribution in [1.29, 1.82) is 0 Å². The van der Waals surface area contributed by atoms with Gasteiger partial charge in [-0.3, -0.25) is 0 Å². The van der Waals surface area contributed by atoms with Gasteiger partial charge in [0.05, 0.1) is 13.2 Å². The van der Waals surface area contributed by atoms with Gasteiger partial charge in [0.2, 0.25) is 0 Å². The summed E-state index contributed by atoms with van der Waals surface area (Å²) in [6, 6.07) is 8.67. The zero-order valence-corrected chi connectivity index (χ0v) is 13.4. The molecule has 1 aromatic carbocycles. The minimum atomic E-state index is 0.748. The standard InChI is InChI=1S/C18H30N2O/c1-2-10-19-11-9-17-7-3-4-8-18(17)16-21-15-14-20-12-5-6-13-20/h3-4,7-8,19H,2,5-6,9-16H2,1H3. The molecule has 0 amide bonds. The molecule has 1 aliphatic rings. The molecule has 21 heavy (non-hydrogen) atoms. The molecule has 0 aliphatic carbocycles. The molecule has 1 heterocycles. The predicted octanol–water partition coefficient (Wildman–Crippen LogP) is 2.84. The molecule has 2 rings (SSSR count). The van der Waals surface area contributed by atoms with Crippen LogP contribution in [0, 0.1) is 0 Å². The van der Waals surface area contributed by atoms with Gasteiger partial charge in [-0.2, -0.15) is 0 Å². The summed E-state index contributed by atoms with van der Waals surface area (Å²) in [6.45, 7) is 9.55. The summed E-state index contributed by atoms with van der Waals surface area (Å²) in [7, 11) is 0. The maximum absolute atomic E-state index is 5.89. The van der Waals surface area contributed by atoms with E-state index in [0.29, 0.717) is 0 Å². The highest BCUT2D eigenvalue weighted by molar-refractivity contribution is 5.26. The van der Waals surface area contributed by atoms with Crippen LogP contribution < -0.4 is 5.32 Å². The second kappa shape index (κ2) is 9.93. The average molecular weight is 290 g/mol. The smallest absolute Gasteiger partial charge is 0.0720 e. The fourth-order valence-corrected chi connectivity index (χ4v) is 2.85. The van der Waals surface area contributed by atoms with Gasteiger partial charge in [0.15, 0.2) is 0 Å².